The van der Waals surface area contributed by atoms with E-state index in [2.05, 4.69) is 21.1 Å². The van der Waals surface area contributed by atoms with E-state index in [1.165, 1.54) is 18.4 Å². The predicted molar refractivity (Wildman–Crippen MR) is 110 cm³/mol. The maximum absolute atomic E-state index is 6.16. The quantitative estimate of drug-likeness (QED) is 0.408. The molecule has 1 heterocycles. The number of halogens is 1. The average molecular weight is 391 g/mol. The highest BCUT2D eigenvalue weighted by atomic mass is 35.5. The Morgan fingerprint density at radius 3 is 2.77 bits per heavy atom. The van der Waals surface area contributed by atoms with Crippen molar-refractivity contribution in [3.05, 3.63) is 53.8 Å². The van der Waals surface area contributed by atoms with Gasteiger partial charge in [-0.05, 0) is 49.1 Å². The number of fused-ring (bicyclic) bond motifs is 1. The Morgan fingerprint density at radius 2 is 1.92 bits per heavy atom. The average Bonchev–Trinajstić information content (AvgIpc) is 3.08. The molecule has 0 amide bonds. The van der Waals surface area contributed by atoms with Gasteiger partial charge in [0.15, 0.2) is 0 Å². The lowest BCUT2D eigenvalue weighted by molar-refractivity contribution is 0.304. The minimum absolute atomic E-state index is 0.591. The van der Waals surface area contributed by atoms with Crippen molar-refractivity contribution in [3.63, 3.8) is 0 Å². The number of para-hydroxylation sites is 2. The molecule has 0 fully saturated rings. The topological polar surface area (TPSA) is 36.3 Å². The van der Waals surface area contributed by atoms with Crippen LogP contribution in [0.15, 0.2) is 48.8 Å². The first-order valence-electron chi connectivity index (χ1n) is 8.79. The van der Waals surface area contributed by atoms with Crippen LogP contribution in [0.5, 0.6) is 11.5 Å². The molecule has 0 radical (unpaired) electrons. The number of rotatable bonds is 10. The van der Waals surface area contributed by atoms with Gasteiger partial charge in [0, 0.05) is 11.8 Å². The first-order chi connectivity index (χ1) is 12.8. The number of hydrogen-bond acceptors (Lipinski definition) is 4. The first kappa shape index (κ1) is 18.9. The van der Waals surface area contributed by atoms with E-state index in [1.807, 2.05) is 42.5 Å². The highest BCUT2D eigenvalue weighted by Gasteiger charge is 2.04. The van der Waals surface area contributed by atoms with Gasteiger partial charge in [-0.2, -0.15) is 0 Å². The van der Waals surface area contributed by atoms with Crippen LogP contribution in [0.4, 0.5) is 0 Å². The predicted octanol–water partition coefficient (Wildman–Crippen LogP) is 5.83. The van der Waals surface area contributed by atoms with Gasteiger partial charge in [0.25, 0.3) is 0 Å². The normalized spacial score (nSPS) is 11.0. The third-order valence-electron chi connectivity index (χ3n) is 4.09. The molecule has 6 heteroatoms. The highest BCUT2D eigenvalue weighted by Crippen LogP contribution is 2.28. The minimum Gasteiger partial charge on any atom is -0.497 e. The van der Waals surface area contributed by atoms with E-state index in [9.17, 15) is 0 Å². The van der Waals surface area contributed by atoms with Crippen molar-refractivity contribution >= 4 is 34.6 Å². The molecule has 0 aliphatic carbocycles. The summed E-state index contributed by atoms with van der Waals surface area (Å²) in [6, 6.07) is 13.7. The second kappa shape index (κ2) is 9.74. The van der Waals surface area contributed by atoms with Gasteiger partial charge in [0.05, 0.1) is 29.8 Å². The lowest BCUT2D eigenvalue weighted by Crippen LogP contribution is -1.98. The molecule has 138 valence electrons. The molecule has 4 nitrogen and oxygen atoms in total. The van der Waals surface area contributed by atoms with Crippen molar-refractivity contribution in [2.45, 2.75) is 25.7 Å². The van der Waals surface area contributed by atoms with Crippen LogP contribution >= 0.6 is 23.5 Å². The van der Waals surface area contributed by atoms with Gasteiger partial charge in [0.1, 0.15) is 17.8 Å². The van der Waals surface area contributed by atoms with E-state index in [-0.39, 0.29) is 0 Å². The Hall–Kier alpha value is -1.85. The molecule has 3 rings (SSSR count). The molecule has 0 saturated heterocycles. The summed E-state index contributed by atoms with van der Waals surface area (Å²) in [5.74, 6) is 2.55. The molecule has 0 N–H and O–H groups in total. The smallest absolute Gasteiger partial charge is 0.138 e. The van der Waals surface area contributed by atoms with Gasteiger partial charge >= 0.3 is 0 Å². The summed E-state index contributed by atoms with van der Waals surface area (Å²) in [5.41, 5.74) is 2.23. The third-order valence-corrected chi connectivity index (χ3v) is 5.42. The first-order valence-corrected chi connectivity index (χ1v) is 10.1. The summed E-state index contributed by atoms with van der Waals surface area (Å²) < 4.78 is 13.0. The van der Waals surface area contributed by atoms with Gasteiger partial charge in [-0.25, -0.2) is 4.98 Å². The minimum atomic E-state index is 0.591. The fourth-order valence-corrected chi connectivity index (χ4v) is 3.83. The maximum atomic E-state index is 6.16. The van der Waals surface area contributed by atoms with E-state index in [0.717, 1.165) is 35.6 Å². The number of methoxy groups -OCH3 is 1. The van der Waals surface area contributed by atoms with E-state index in [4.69, 9.17) is 21.1 Å². The molecular formula is C20H23ClN2O2S. The van der Waals surface area contributed by atoms with Gasteiger partial charge in [0.2, 0.25) is 0 Å². The van der Waals surface area contributed by atoms with Crippen LogP contribution in [0.3, 0.4) is 0 Å². The lowest BCUT2D eigenvalue weighted by atomic mass is 10.2. The maximum Gasteiger partial charge on any atom is 0.138 e. The van der Waals surface area contributed by atoms with Crippen molar-refractivity contribution in [3.8, 4) is 11.5 Å². The fraction of sp³-hybridized carbons (Fsp3) is 0.350. The molecule has 0 saturated carbocycles. The standard InChI is InChI=1S/C20H23ClN2O2S/c1-24-16-10-11-20(17(21)14-16)25-12-6-2-3-7-13-26-23-15-22-18-8-4-5-9-19(18)23/h4-5,8-11,14-15H,2-3,6-7,12-13H2,1H3. The zero-order valence-corrected chi connectivity index (χ0v) is 16.4. The Kier molecular flexibility index (Phi) is 7.09. The van der Waals surface area contributed by atoms with E-state index < -0.39 is 0 Å². The number of hydrogen-bond donors (Lipinski definition) is 0. The van der Waals surface area contributed by atoms with Crippen molar-refractivity contribution < 1.29 is 9.47 Å². The van der Waals surface area contributed by atoms with Crippen LogP contribution in [0.1, 0.15) is 25.7 Å². The summed E-state index contributed by atoms with van der Waals surface area (Å²) in [4.78, 5) is 4.41. The zero-order valence-electron chi connectivity index (χ0n) is 14.9. The summed E-state index contributed by atoms with van der Waals surface area (Å²) in [5, 5.41) is 0.591. The van der Waals surface area contributed by atoms with Gasteiger partial charge in [-0.3, -0.25) is 3.97 Å². The Labute approximate surface area is 163 Å². The summed E-state index contributed by atoms with van der Waals surface area (Å²) in [6.45, 7) is 0.686. The van der Waals surface area contributed by atoms with Crippen LogP contribution in [0.2, 0.25) is 5.02 Å². The van der Waals surface area contributed by atoms with E-state index in [0.29, 0.717) is 11.6 Å². The number of benzene rings is 2. The molecule has 0 bridgehead atoms. The van der Waals surface area contributed by atoms with Gasteiger partial charge in [-0.15, -0.1) is 0 Å². The molecule has 0 spiro atoms. The van der Waals surface area contributed by atoms with Crippen molar-refractivity contribution in [1.29, 1.82) is 0 Å². The molecule has 0 atom stereocenters. The molecule has 0 aliphatic rings. The Balaban J connectivity index is 1.29. The monoisotopic (exact) mass is 390 g/mol. The molecule has 26 heavy (non-hydrogen) atoms. The number of unbranched alkanes of at least 4 members (excludes halogenated alkanes) is 3. The fourth-order valence-electron chi connectivity index (χ4n) is 2.67. The number of nitrogens with zero attached hydrogens (tertiary/aromatic N) is 2. The number of aromatic nitrogens is 2. The second-order valence-corrected chi connectivity index (χ2v) is 7.42. The molecular weight excluding hydrogens is 368 g/mol. The molecule has 0 unspecified atom stereocenters. The van der Waals surface area contributed by atoms with E-state index >= 15 is 0 Å². The van der Waals surface area contributed by atoms with Crippen LogP contribution < -0.4 is 9.47 Å². The summed E-state index contributed by atoms with van der Waals surface area (Å²) in [7, 11) is 1.62. The Morgan fingerprint density at radius 1 is 1.08 bits per heavy atom. The molecule has 2 aromatic carbocycles. The van der Waals surface area contributed by atoms with Crippen molar-refractivity contribution in [2.24, 2.45) is 0 Å². The third kappa shape index (κ3) is 5.08. The largest absolute Gasteiger partial charge is 0.497 e. The molecule has 1 aromatic heterocycles. The number of imidazole rings is 1. The summed E-state index contributed by atoms with van der Waals surface area (Å²) in [6.07, 6.45) is 6.46. The zero-order chi connectivity index (χ0) is 18.2. The molecule has 0 aliphatic heterocycles. The van der Waals surface area contributed by atoms with Crippen molar-refractivity contribution in [1.82, 2.24) is 8.96 Å². The van der Waals surface area contributed by atoms with Crippen LogP contribution in [0.25, 0.3) is 11.0 Å². The number of ether oxygens (including phenoxy) is 2. The van der Waals surface area contributed by atoms with Gasteiger partial charge < -0.3 is 9.47 Å². The van der Waals surface area contributed by atoms with Crippen LogP contribution in [0, 0.1) is 0 Å². The second-order valence-electron chi connectivity index (χ2n) is 5.95. The summed E-state index contributed by atoms with van der Waals surface area (Å²) >= 11 is 7.98. The highest BCUT2D eigenvalue weighted by molar-refractivity contribution is 7.97. The lowest BCUT2D eigenvalue weighted by Gasteiger charge is -2.09. The Bertz CT molecular complexity index is 838. The van der Waals surface area contributed by atoms with E-state index in [1.54, 1.807) is 13.2 Å². The van der Waals surface area contributed by atoms with Gasteiger partial charge in [-0.1, -0.05) is 36.6 Å². The molecule has 3 aromatic rings. The van der Waals surface area contributed by atoms with Crippen LogP contribution in [-0.2, 0) is 0 Å². The SMILES string of the molecule is COc1ccc(OCCCCCCSn2cnc3ccccc32)c(Cl)c1. The van der Waals surface area contributed by atoms with Crippen LogP contribution in [-0.4, -0.2) is 28.4 Å². The van der Waals surface area contributed by atoms with Crippen molar-refractivity contribution in [2.75, 3.05) is 19.5 Å².